The van der Waals surface area contributed by atoms with Gasteiger partial charge in [-0.1, -0.05) is 6.92 Å². The van der Waals surface area contributed by atoms with Gasteiger partial charge >= 0.3 is 0 Å². The summed E-state index contributed by atoms with van der Waals surface area (Å²) in [7, 11) is 1.71. The van der Waals surface area contributed by atoms with Crippen molar-refractivity contribution < 1.29 is 4.55 Å². The first-order valence-electron chi connectivity index (χ1n) is 2.80. The predicted molar refractivity (Wildman–Crippen MR) is 37.0 cm³/mol. The minimum Gasteiger partial charge on any atom is -0.598 e. The second-order valence-electron chi connectivity index (χ2n) is 1.72. The summed E-state index contributed by atoms with van der Waals surface area (Å²) < 4.78 is 13.4. The summed E-state index contributed by atoms with van der Waals surface area (Å²) in [6, 6.07) is 0. The van der Waals surface area contributed by atoms with Crippen LogP contribution in [0.4, 0.5) is 0 Å². The molecule has 0 saturated heterocycles. The summed E-state index contributed by atoms with van der Waals surface area (Å²) in [5, 5.41) is 0.278. The topological polar surface area (TPSA) is 35.1 Å². The van der Waals surface area contributed by atoms with Gasteiger partial charge in [-0.15, -0.1) is 4.72 Å². The molecule has 0 fully saturated rings. The van der Waals surface area contributed by atoms with Crippen molar-refractivity contribution >= 4 is 11.4 Å². The summed E-state index contributed by atoms with van der Waals surface area (Å²) in [6.07, 6.45) is 0.966. The lowest BCUT2D eigenvalue weighted by atomic mass is 10.4. The van der Waals surface area contributed by atoms with E-state index in [0.717, 1.165) is 6.42 Å². The van der Waals surface area contributed by atoms with E-state index in [2.05, 4.69) is 4.72 Å². The second kappa shape index (κ2) is 4.18. The fraction of sp³-hybridized carbons (Fsp3) is 1.00. The first-order valence-corrected chi connectivity index (χ1v) is 4.01. The highest BCUT2D eigenvalue weighted by Crippen LogP contribution is 2.00. The SMILES string of the molecule is CCC(C)[S+]([O-])NC. The van der Waals surface area contributed by atoms with E-state index in [1.165, 1.54) is 0 Å². The molecule has 50 valence electrons. The van der Waals surface area contributed by atoms with Gasteiger partial charge in [0.25, 0.3) is 0 Å². The van der Waals surface area contributed by atoms with Crippen molar-refractivity contribution in [1.29, 1.82) is 0 Å². The van der Waals surface area contributed by atoms with E-state index in [-0.39, 0.29) is 5.25 Å². The molecule has 0 heterocycles. The molecule has 2 unspecified atom stereocenters. The first-order chi connectivity index (χ1) is 3.72. The van der Waals surface area contributed by atoms with Gasteiger partial charge in [0, 0.05) is 18.4 Å². The molecule has 0 amide bonds. The third-order valence-corrected chi connectivity index (χ3v) is 2.61. The van der Waals surface area contributed by atoms with E-state index in [1.54, 1.807) is 7.05 Å². The number of hydrogen-bond donors (Lipinski definition) is 1. The Morgan fingerprint density at radius 3 is 2.38 bits per heavy atom. The van der Waals surface area contributed by atoms with Gasteiger partial charge in [-0.05, 0) is 13.3 Å². The monoisotopic (exact) mass is 135 g/mol. The smallest absolute Gasteiger partial charge is 0.132 e. The predicted octanol–water partition coefficient (Wildman–Crippen LogP) is 0.668. The lowest BCUT2D eigenvalue weighted by Gasteiger charge is -2.12. The van der Waals surface area contributed by atoms with E-state index in [1.807, 2.05) is 13.8 Å². The van der Waals surface area contributed by atoms with Crippen LogP contribution in [0.2, 0.25) is 0 Å². The highest BCUT2D eigenvalue weighted by molar-refractivity contribution is 7.90. The van der Waals surface area contributed by atoms with E-state index in [9.17, 15) is 4.55 Å². The molecule has 0 radical (unpaired) electrons. The molecule has 0 spiro atoms. The van der Waals surface area contributed by atoms with Crippen LogP contribution in [-0.4, -0.2) is 16.9 Å². The Balaban J connectivity index is 3.29. The van der Waals surface area contributed by atoms with E-state index in [4.69, 9.17) is 0 Å². The molecule has 0 bridgehead atoms. The largest absolute Gasteiger partial charge is 0.598 e. The maximum absolute atomic E-state index is 10.7. The van der Waals surface area contributed by atoms with Crippen LogP contribution >= 0.6 is 0 Å². The molecular weight excluding hydrogens is 122 g/mol. The van der Waals surface area contributed by atoms with Gasteiger partial charge < -0.3 is 4.55 Å². The average molecular weight is 135 g/mol. The summed E-state index contributed by atoms with van der Waals surface area (Å²) >= 11 is -0.822. The van der Waals surface area contributed by atoms with Crippen LogP contribution in [-0.2, 0) is 11.4 Å². The zero-order valence-corrected chi connectivity index (χ0v) is 6.42. The fourth-order valence-corrected chi connectivity index (χ4v) is 1.06. The lowest BCUT2D eigenvalue weighted by Crippen LogP contribution is -2.28. The third-order valence-electron chi connectivity index (χ3n) is 1.14. The Bertz CT molecular complexity index is 52.4. The summed E-state index contributed by atoms with van der Waals surface area (Å²) in [5.74, 6) is 0. The van der Waals surface area contributed by atoms with E-state index >= 15 is 0 Å². The first kappa shape index (κ1) is 8.27. The van der Waals surface area contributed by atoms with E-state index in [0.29, 0.717) is 0 Å². The molecule has 0 aromatic carbocycles. The second-order valence-corrected chi connectivity index (χ2v) is 3.53. The Labute approximate surface area is 54.0 Å². The van der Waals surface area contributed by atoms with Crippen LogP contribution in [0.15, 0.2) is 0 Å². The van der Waals surface area contributed by atoms with Crippen LogP contribution in [0.25, 0.3) is 0 Å². The molecule has 2 atom stereocenters. The molecule has 0 aliphatic heterocycles. The van der Waals surface area contributed by atoms with Crippen molar-refractivity contribution in [1.82, 2.24) is 4.72 Å². The van der Waals surface area contributed by atoms with Crippen molar-refractivity contribution in [2.75, 3.05) is 7.05 Å². The lowest BCUT2D eigenvalue weighted by molar-refractivity contribution is 0.572. The molecule has 0 aromatic heterocycles. The molecule has 3 heteroatoms. The molecular formula is C5H13NOS. The van der Waals surface area contributed by atoms with Gasteiger partial charge in [0.15, 0.2) is 0 Å². The maximum atomic E-state index is 10.7. The molecule has 0 rings (SSSR count). The van der Waals surface area contributed by atoms with Crippen LogP contribution in [0.5, 0.6) is 0 Å². The maximum Gasteiger partial charge on any atom is 0.132 e. The van der Waals surface area contributed by atoms with Gasteiger partial charge in [-0.2, -0.15) is 0 Å². The van der Waals surface area contributed by atoms with Crippen LogP contribution in [0.3, 0.4) is 0 Å². The highest BCUT2D eigenvalue weighted by atomic mass is 32.2. The Morgan fingerprint density at radius 1 is 1.75 bits per heavy atom. The molecule has 1 N–H and O–H groups in total. The average Bonchev–Trinajstić information content (AvgIpc) is 1.84. The summed E-state index contributed by atoms with van der Waals surface area (Å²) in [6.45, 7) is 3.99. The quantitative estimate of drug-likeness (QED) is 0.577. The Hall–Kier alpha value is 0.270. The summed E-state index contributed by atoms with van der Waals surface area (Å²) in [4.78, 5) is 0. The van der Waals surface area contributed by atoms with Crippen LogP contribution < -0.4 is 4.72 Å². The molecule has 0 saturated carbocycles. The molecule has 2 nitrogen and oxygen atoms in total. The zero-order valence-electron chi connectivity index (χ0n) is 5.60. The van der Waals surface area contributed by atoms with Crippen molar-refractivity contribution in [3.8, 4) is 0 Å². The minimum atomic E-state index is -0.822. The van der Waals surface area contributed by atoms with Gasteiger partial charge in [-0.3, -0.25) is 0 Å². The molecule has 0 aromatic rings. The third kappa shape index (κ3) is 2.55. The number of hydrogen-bond acceptors (Lipinski definition) is 2. The Morgan fingerprint density at radius 2 is 2.25 bits per heavy atom. The standard InChI is InChI=1S/C5H13NOS/c1-4-5(2)8(7)6-3/h5-6H,4H2,1-3H3. The molecule has 8 heavy (non-hydrogen) atoms. The van der Waals surface area contributed by atoms with Gasteiger partial charge in [0.05, 0.1) is 0 Å². The van der Waals surface area contributed by atoms with Crippen LogP contribution in [0.1, 0.15) is 20.3 Å². The van der Waals surface area contributed by atoms with E-state index < -0.39 is 11.4 Å². The number of nitrogens with one attached hydrogen (secondary N) is 1. The summed E-state index contributed by atoms with van der Waals surface area (Å²) in [5.41, 5.74) is 0. The Kier molecular flexibility index (Phi) is 4.32. The molecule has 0 aliphatic rings. The van der Waals surface area contributed by atoms with Gasteiger partial charge in [-0.25, -0.2) is 0 Å². The van der Waals surface area contributed by atoms with Crippen molar-refractivity contribution in [2.24, 2.45) is 0 Å². The van der Waals surface area contributed by atoms with Gasteiger partial charge in [0.2, 0.25) is 0 Å². The highest BCUT2D eigenvalue weighted by Gasteiger charge is 2.11. The van der Waals surface area contributed by atoms with Crippen molar-refractivity contribution in [2.45, 2.75) is 25.5 Å². The molecule has 0 aliphatic carbocycles. The van der Waals surface area contributed by atoms with Crippen molar-refractivity contribution in [3.63, 3.8) is 0 Å². The normalized spacial score (nSPS) is 18.0. The van der Waals surface area contributed by atoms with Gasteiger partial charge in [0.1, 0.15) is 5.25 Å². The zero-order chi connectivity index (χ0) is 6.57. The minimum absolute atomic E-state index is 0.278. The number of rotatable bonds is 3. The fourth-order valence-electron chi connectivity index (χ4n) is 0.353. The van der Waals surface area contributed by atoms with Crippen LogP contribution in [0, 0.1) is 0 Å². The van der Waals surface area contributed by atoms with Crippen molar-refractivity contribution in [3.05, 3.63) is 0 Å².